The van der Waals surface area contributed by atoms with Crippen molar-refractivity contribution in [3.63, 3.8) is 0 Å². The van der Waals surface area contributed by atoms with Crippen LogP contribution in [0.4, 0.5) is 10.1 Å². The van der Waals surface area contributed by atoms with Gasteiger partial charge < -0.3 is 15.2 Å². The van der Waals surface area contributed by atoms with Crippen molar-refractivity contribution < 1.29 is 13.7 Å². The maximum Gasteiger partial charge on any atom is 0.273 e. The number of aryl methyl sites for hydroxylation is 1. The van der Waals surface area contributed by atoms with Crippen LogP contribution in [-0.4, -0.2) is 24.2 Å². The summed E-state index contributed by atoms with van der Waals surface area (Å²) in [5.74, 6) is 0.0697. The molecule has 0 bridgehead atoms. The van der Waals surface area contributed by atoms with Crippen LogP contribution in [0, 0.1) is 12.7 Å². The van der Waals surface area contributed by atoms with Crippen molar-refractivity contribution in [2.45, 2.75) is 13.3 Å². The lowest BCUT2D eigenvalue weighted by atomic mass is 10.3. The molecular formula is C14H16FN3O2. The SMILES string of the molecule is Cc1cc(C(=O)NCCCNc2cccc(F)c2)no1. The molecule has 0 aliphatic heterocycles. The van der Waals surface area contributed by atoms with Gasteiger partial charge in [-0.2, -0.15) is 0 Å². The Morgan fingerprint density at radius 3 is 2.90 bits per heavy atom. The molecule has 5 nitrogen and oxygen atoms in total. The second kappa shape index (κ2) is 6.70. The smallest absolute Gasteiger partial charge is 0.273 e. The average molecular weight is 277 g/mol. The molecule has 2 N–H and O–H groups in total. The van der Waals surface area contributed by atoms with Gasteiger partial charge in [-0.1, -0.05) is 11.2 Å². The molecule has 106 valence electrons. The molecule has 1 heterocycles. The maximum absolute atomic E-state index is 12.9. The number of anilines is 1. The Morgan fingerprint density at radius 2 is 2.20 bits per heavy atom. The van der Waals surface area contributed by atoms with Gasteiger partial charge in [-0.15, -0.1) is 0 Å². The van der Waals surface area contributed by atoms with E-state index in [4.69, 9.17) is 4.52 Å². The van der Waals surface area contributed by atoms with E-state index in [2.05, 4.69) is 15.8 Å². The standard InChI is InChI=1S/C14H16FN3O2/c1-10-8-13(18-20-10)14(19)17-7-3-6-16-12-5-2-4-11(15)9-12/h2,4-5,8-9,16H,3,6-7H2,1H3,(H,17,19). The fourth-order valence-corrected chi connectivity index (χ4v) is 1.69. The third kappa shape index (κ3) is 4.08. The Kier molecular flexibility index (Phi) is 4.70. The van der Waals surface area contributed by atoms with Gasteiger partial charge in [0.25, 0.3) is 5.91 Å². The van der Waals surface area contributed by atoms with Gasteiger partial charge in [0.05, 0.1) is 0 Å². The molecule has 0 saturated carbocycles. The maximum atomic E-state index is 12.9. The molecule has 0 aliphatic rings. The number of benzene rings is 1. The summed E-state index contributed by atoms with van der Waals surface area (Å²) in [4.78, 5) is 11.6. The van der Waals surface area contributed by atoms with Crippen LogP contribution in [0.15, 0.2) is 34.9 Å². The number of hydrogen-bond donors (Lipinski definition) is 2. The number of carbonyl (C=O) groups is 1. The Morgan fingerprint density at radius 1 is 1.35 bits per heavy atom. The minimum atomic E-state index is -0.273. The zero-order valence-corrected chi connectivity index (χ0v) is 11.1. The summed E-state index contributed by atoms with van der Waals surface area (Å²) >= 11 is 0. The third-order valence-corrected chi connectivity index (χ3v) is 2.65. The van der Waals surface area contributed by atoms with Gasteiger partial charge in [-0.25, -0.2) is 4.39 Å². The molecule has 1 amide bonds. The van der Waals surface area contributed by atoms with Crippen LogP contribution >= 0.6 is 0 Å². The lowest BCUT2D eigenvalue weighted by Gasteiger charge is -2.06. The summed E-state index contributed by atoms with van der Waals surface area (Å²) in [6.45, 7) is 2.88. The number of amides is 1. The van der Waals surface area contributed by atoms with Crippen LogP contribution in [0.3, 0.4) is 0 Å². The fraction of sp³-hybridized carbons (Fsp3) is 0.286. The van der Waals surface area contributed by atoms with E-state index in [1.165, 1.54) is 12.1 Å². The summed E-state index contributed by atoms with van der Waals surface area (Å²) in [5.41, 5.74) is 1.00. The molecule has 20 heavy (non-hydrogen) atoms. The molecule has 1 aromatic heterocycles. The van der Waals surface area contributed by atoms with Crippen LogP contribution in [0.1, 0.15) is 22.7 Å². The number of nitrogens with one attached hydrogen (secondary N) is 2. The van der Waals surface area contributed by atoms with Crippen molar-refractivity contribution in [3.8, 4) is 0 Å². The molecule has 2 aromatic rings. The van der Waals surface area contributed by atoms with Crippen LogP contribution in [-0.2, 0) is 0 Å². The van der Waals surface area contributed by atoms with Crippen LogP contribution in [0.25, 0.3) is 0 Å². The third-order valence-electron chi connectivity index (χ3n) is 2.65. The van der Waals surface area contributed by atoms with Gasteiger partial charge >= 0.3 is 0 Å². The molecule has 6 heteroatoms. The Bertz CT molecular complexity index is 583. The molecule has 0 radical (unpaired) electrons. The summed E-state index contributed by atoms with van der Waals surface area (Å²) in [6, 6.07) is 7.84. The second-order valence-corrected chi connectivity index (χ2v) is 4.37. The number of rotatable bonds is 6. The van der Waals surface area contributed by atoms with Crippen molar-refractivity contribution in [1.82, 2.24) is 10.5 Å². The molecular weight excluding hydrogens is 261 g/mol. The number of carbonyl (C=O) groups excluding carboxylic acids is 1. The Balaban J connectivity index is 1.65. The first kappa shape index (κ1) is 14.0. The fourth-order valence-electron chi connectivity index (χ4n) is 1.69. The van der Waals surface area contributed by atoms with Gasteiger partial charge in [0.15, 0.2) is 5.69 Å². The molecule has 1 aromatic carbocycles. The van der Waals surface area contributed by atoms with Crippen molar-refractivity contribution in [3.05, 3.63) is 47.6 Å². The molecule has 0 unspecified atom stereocenters. The van der Waals surface area contributed by atoms with Crippen molar-refractivity contribution in [1.29, 1.82) is 0 Å². The first-order valence-corrected chi connectivity index (χ1v) is 6.36. The number of aromatic nitrogens is 1. The van der Waals surface area contributed by atoms with Gasteiger partial charge in [0, 0.05) is 24.8 Å². The molecule has 0 fully saturated rings. The first-order valence-electron chi connectivity index (χ1n) is 6.36. The van der Waals surface area contributed by atoms with E-state index in [9.17, 15) is 9.18 Å². The molecule has 0 aliphatic carbocycles. The summed E-state index contributed by atoms with van der Waals surface area (Å²) in [6.07, 6.45) is 0.721. The van der Waals surface area contributed by atoms with Crippen molar-refractivity contribution in [2.75, 3.05) is 18.4 Å². The predicted octanol–water partition coefficient (Wildman–Crippen LogP) is 2.35. The van der Waals surface area contributed by atoms with E-state index in [-0.39, 0.29) is 17.4 Å². The minimum Gasteiger partial charge on any atom is -0.385 e. The number of nitrogens with zero attached hydrogens (tertiary/aromatic N) is 1. The van der Waals surface area contributed by atoms with E-state index in [1.807, 2.05) is 0 Å². The minimum absolute atomic E-state index is 0.257. The van der Waals surface area contributed by atoms with Crippen molar-refractivity contribution >= 4 is 11.6 Å². The van der Waals surface area contributed by atoms with Crippen molar-refractivity contribution in [2.24, 2.45) is 0 Å². The Hall–Kier alpha value is -2.37. The quantitative estimate of drug-likeness (QED) is 0.795. The van der Waals surface area contributed by atoms with Gasteiger partial charge in [0.2, 0.25) is 0 Å². The van der Waals surface area contributed by atoms with Gasteiger partial charge in [0.1, 0.15) is 11.6 Å². The highest BCUT2D eigenvalue weighted by molar-refractivity contribution is 5.92. The van der Waals surface area contributed by atoms with Crippen LogP contribution < -0.4 is 10.6 Å². The molecule has 0 atom stereocenters. The normalized spacial score (nSPS) is 10.3. The molecule has 0 spiro atoms. The van der Waals surface area contributed by atoms with Gasteiger partial charge in [-0.05, 0) is 31.5 Å². The van der Waals surface area contributed by atoms with Crippen LogP contribution in [0.5, 0.6) is 0 Å². The summed E-state index contributed by atoms with van der Waals surface area (Å²) < 4.78 is 17.7. The topological polar surface area (TPSA) is 67.2 Å². The first-order chi connectivity index (χ1) is 9.65. The number of halogens is 1. The zero-order valence-electron chi connectivity index (χ0n) is 11.1. The molecule has 2 rings (SSSR count). The van der Waals surface area contributed by atoms with E-state index in [1.54, 1.807) is 25.1 Å². The van der Waals surface area contributed by atoms with E-state index in [0.717, 1.165) is 12.1 Å². The predicted molar refractivity (Wildman–Crippen MR) is 73.1 cm³/mol. The molecule has 0 saturated heterocycles. The second-order valence-electron chi connectivity index (χ2n) is 4.37. The highest BCUT2D eigenvalue weighted by atomic mass is 19.1. The van der Waals surface area contributed by atoms with Crippen LogP contribution in [0.2, 0.25) is 0 Å². The van der Waals surface area contributed by atoms with E-state index < -0.39 is 0 Å². The summed E-state index contributed by atoms with van der Waals surface area (Å²) in [5, 5.41) is 9.44. The lowest BCUT2D eigenvalue weighted by Crippen LogP contribution is -2.26. The highest BCUT2D eigenvalue weighted by Gasteiger charge is 2.09. The highest BCUT2D eigenvalue weighted by Crippen LogP contribution is 2.08. The van der Waals surface area contributed by atoms with Gasteiger partial charge in [-0.3, -0.25) is 4.79 Å². The Labute approximate surface area is 116 Å². The monoisotopic (exact) mass is 277 g/mol. The summed E-state index contributed by atoms with van der Waals surface area (Å²) in [7, 11) is 0. The lowest BCUT2D eigenvalue weighted by molar-refractivity contribution is 0.0944. The average Bonchev–Trinajstić information content (AvgIpc) is 2.85. The number of hydrogen-bond acceptors (Lipinski definition) is 4. The van der Waals surface area contributed by atoms with E-state index >= 15 is 0 Å². The zero-order chi connectivity index (χ0) is 14.4. The van der Waals surface area contributed by atoms with E-state index in [0.29, 0.717) is 18.8 Å². The largest absolute Gasteiger partial charge is 0.385 e.